The molecule has 1 unspecified atom stereocenters. The zero-order chi connectivity index (χ0) is 10.8. The Morgan fingerprint density at radius 3 is 3.13 bits per heavy atom. The van der Waals surface area contributed by atoms with Crippen molar-refractivity contribution in [1.82, 2.24) is 5.32 Å². The molecule has 80 valence electrons. The van der Waals surface area contributed by atoms with Gasteiger partial charge in [-0.05, 0) is 24.7 Å². The van der Waals surface area contributed by atoms with Gasteiger partial charge in [-0.2, -0.15) is 0 Å². The fourth-order valence-corrected chi connectivity index (χ4v) is 1.44. The van der Waals surface area contributed by atoms with Gasteiger partial charge in [0, 0.05) is 0 Å². The summed E-state index contributed by atoms with van der Waals surface area (Å²) in [7, 11) is 1.65. The minimum absolute atomic E-state index is 0.0426. The van der Waals surface area contributed by atoms with Gasteiger partial charge in [0.25, 0.3) is 5.91 Å². The molecule has 0 saturated carbocycles. The smallest absolute Gasteiger partial charge is 0.262 e. The summed E-state index contributed by atoms with van der Waals surface area (Å²) in [5, 5.41) is 14.9. The van der Waals surface area contributed by atoms with Crippen LogP contribution in [0.25, 0.3) is 0 Å². The number of benzene rings is 1. The third kappa shape index (κ3) is 1.93. The van der Waals surface area contributed by atoms with Gasteiger partial charge in [0.05, 0.1) is 5.69 Å². The highest BCUT2D eigenvalue weighted by atomic mass is 16.5. The fourth-order valence-electron chi connectivity index (χ4n) is 1.44. The average molecular weight is 208 g/mol. The van der Waals surface area contributed by atoms with Crippen LogP contribution in [0.15, 0.2) is 18.2 Å². The molecule has 0 fully saturated rings. The Hall–Kier alpha value is -1.59. The van der Waals surface area contributed by atoms with E-state index in [1.54, 1.807) is 25.2 Å². The van der Waals surface area contributed by atoms with Crippen LogP contribution in [0.1, 0.15) is 11.8 Å². The monoisotopic (exact) mass is 208 g/mol. The SMILES string of the molecule is CNC(O)c1ccc2c(c1)NC(=O)CO2. The molecule has 2 rings (SSSR count). The Balaban J connectivity index is 2.32. The van der Waals surface area contributed by atoms with Gasteiger partial charge in [-0.15, -0.1) is 0 Å². The largest absolute Gasteiger partial charge is 0.482 e. The molecular formula is C10H12N2O3. The lowest BCUT2D eigenvalue weighted by molar-refractivity contribution is -0.118. The number of hydrogen-bond donors (Lipinski definition) is 3. The zero-order valence-corrected chi connectivity index (χ0v) is 8.28. The Bertz CT molecular complexity index is 392. The normalized spacial score (nSPS) is 16.3. The van der Waals surface area contributed by atoms with Crippen molar-refractivity contribution in [3.8, 4) is 5.75 Å². The summed E-state index contributed by atoms with van der Waals surface area (Å²) in [6, 6.07) is 5.16. The maximum Gasteiger partial charge on any atom is 0.262 e. The molecule has 5 heteroatoms. The number of carbonyl (C=O) groups is 1. The summed E-state index contributed by atoms with van der Waals surface area (Å²) in [5.41, 5.74) is 1.28. The Morgan fingerprint density at radius 1 is 1.60 bits per heavy atom. The van der Waals surface area contributed by atoms with Crippen LogP contribution in [0.4, 0.5) is 5.69 Å². The maximum absolute atomic E-state index is 11.1. The molecule has 1 aliphatic rings. The minimum atomic E-state index is -0.742. The Labute approximate surface area is 87.1 Å². The number of nitrogens with one attached hydrogen (secondary N) is 2. The second-order valence-corrected chi connectivity index (χ2v) is 3.28. The van der Waals surface area contributed by atoms with Gasteiger partial charge in [-0.25, -0.2) is 0 Å². The first-order valence-electron chi connectivity index (χ1n) is 4.62. The number of anilines is 1. The van der Waals surface area contributed by atoms with Crippen LogP contribution >= 0.6 is 0 Å². The summed E-state index contributed by atoms with van der Waals surface area (Å²) in [6.45, 7) is 0.0426. The van der Waals surface area contributed by atoms with E-state index in [0.29, 0.717) is 17.0 Å². The number of aliphatic hydroxyl groups excluding tert-OH is 1. The van der Waals surface area contributed by atoms with Gasteiger partial charge < -0.3 is 15.2 Å². The molecule has 0 spiro atoms. The quantitative estimate of drug-likeness (QED) is 0.608. The van der Waals surface area contributed by atoms with Crippen LogP contribution in [-0.2, 0) is 4.79 Å². The van der Waals surface area contributed by atoms with E-state index in [1.165, 1.54) is 0 Å². The summed E-state index contributed by atoms with van der Waals surface area (Å²) in [6.07, 6.45) is -0.742. The second-order valence-electron chi connectivity index (χ2n) is 3.28. The molecule has 1 aromatic rings. The maximum atomic E-state index is 11.1. The molecule has 3 N–H and O–H groups in total. The lowest BCUT2D eigenvalue weighted by Gasteiger charge is -2.19. The first kappa shape index (κ1) is 9.95. The lowest BCUT2D eigenvalue weighted by atomic mass is 10.1. The van der Waals surface area contributed by atoms with Crippen LogP contribution in [0.2, 0.25) is 0 Å². The first-order chi connectivity index (χ1) is 7.20. The Kier molecular flexibility index (Phi) is 2.57. The van der Waals surface area contributed by atoms with Crippen molar-refractivity contribution >= 4 is 11.6 Å². The van der Waals surface area contributed by atoms with E-state index in [-0.39, 0.29) is 12.5 Å². The first-order valence-corrected chi connectivity index (χ1v) is 4.62. The highest BCUT2D eigenvalue weighted by molar-refractivity contribution is 5.95. The predicted molar refractivity (Wildman–Crippen MR) is 54.6 cm³/mol. The molecule has 15 heavy (non-hydrogen) atoms. The fraction of sp³-hybridized carbons (Fsp3) is 0.300. The molecule has 0 aromatic heterocycles. The van der Waals surface area contributed by atoms with Crippen molar-refractivity contribution in [2.24, 2.45) is 0 Å². The van der Waals surface area contributed by atoms with Gasteiger partial charge in [-0.3, -0.25) is 10.1 Å². The van der Waals surface area contributed by atoms with E-state index in [4.69, 9.17) is 4.74 Å². The molecule has 1 atom stereocenters. The van der Waals surface area contributed by atoms with E-state index >= 15 is 0 Å². The van der Waals surface area contributed by atoms with E-state index in [9.17, 15) is 9.90 Å². The molecule has 1 aromatic carbocycles. The Morgan fingerprint density at radius 2 is 2.40 bits per heavy atom. The van der Waals surface area contributed by atoms with E-state index < -0.39 is 6.23 Å². The van der Waals surface area contributed by atoms with Crippen molar-refractivity contribution in [3.05, 3.63) is 23.8 Å². The van der Waals surface area contributed by atoms with Crippen molar-refractivity contribution < 1.29 is 14.6 Å². The van der Waals surface area contributed by atoms with Crippen molar-refractivity contribution in [3.63, 3.8) is 0 Å². The minimum Gasteiger partial charge on any atom is -0.482 e. The molecule has 1 heterocycles. The second kappa shape index (κ2) is 3.88. The van der Waals surface area contributed by atoms with Crippen LogP contribution in [0.3, 0.4) is 0 Å². The molecule has 0 radical (unpaired) electrons. The topological polar surface area (TPSA) is 70.6 Å². The third-order valence-electron chi connectivity index (χ3n) is 2.23. The van der Waals surface area contributed by atoms with Gasteiger partial charge >= 0.3 is 0 Å². The van der Waals surface area contributed by atoms with Crippen LogP contribution in [0.5, 0.6) is 5.75 Å². The number of ether oxygens (including phenoxy) is 1. The molecular weight excluding hydrogens is 196 g/mol. The van der Waals surface area contributed by atoms with Crippen LogP contribution in [-0.4, -0.2) is 24.7 Å². The van der Waals surface area contributed by atoms with E-state index in [1.807, 2.05) is 0 Å². The highest BCUT2D eigenvalue weighted by Crippen LogP contribution is 2.29. The average Bonchev–Trinajstić information content (AvgIpc) is 2.27. The molecule has 0 saturated heterocycles. The van der Waals surface area contributed by atoms with Gasteiger partial charge in [0.1, 0.15) is 12.0 Å². The summed E-state index contributed by atoms with van der Waals surface area (Å²) >= 11 is 0. The van der Waals surface area contributed by atoms with Gasteiger partial charge in [0.15, 0.2) is 6.61 Å². The van der Waals surface area contributed by atoms with Crippen molar-refractivity contribution in [2.75, 3.05) is 19.0 Å². The number of rotatable bonds is 2. The van der Waals surface area contributed by atoms with E-state index in [2.05, 4.69) is 10.6 Å². The van der Waals surface area contributed by atoms with Gasteiger partial charge in [-0.1, -0.05) is 6.07 Å². The standard InChI is InChI=1S/C10H12N2O3/c1-11-10(14)6-2-3-8-7(4-6)12-9(13)5-15-8/h2-4,10-11,14H,5H2,1H3,(H,12,13). The molecule has 1 amide bonds. The van der Waals surface area contributed by atoms with E-state index in [0.717, 1.165) is 0 Å². The highest BCUT2D eigenvalue weighted by Gasteiger charge is 2.17. The summed E-state index contributed by atoms with van der Waals surface area (Å²) in [5.74, 6) is 0.445. The molecule has 0 bridgehead atoms. The number of fused-ring (bicyclic) bond motifs is 1. The van der Waals surface area contributed by atoms with Crippen LogP contribution < -0.4 is 15.4 Å². The zero-order valence-electron chi connectivity index (χ0n) is 8.28. The summed E-state index contributed by atoms with van der Waals surface area (Å²) in [4.78, 5) is 11.1. The van der Waals surface area contributed by atoms with Crippen molar-refractivity contribution in [2.45, 2.75) is 6.23 Å². The van der Waals surface area contributed by atoms with Crippen molar-refractivity contribution in [1.29, 1.82) is 0 Å². The molecule has 1 aliphatic heterocycles. The molecule has 0 aliphatic carbocycles. The number of amides is 1. The summed E-state index contributed by atoms with van der Waals surface area (Å²) < 4.78 is 5.19. The number of hydrogen-bond acceptors (Lipinski definition) is 4. The molecule has 5 nitrogen and oxygen atoms in total. The number of aliphatic hydroxyl groups is 1. The van der Waals surface area contributed by atoms with Crippen LogP contribution in [0, 0.1) is 0 Å². The lowest BCUT2D eigenvalue weighted by Crippen LogP contribution is -2.25. The van der Waals surface area contributed by atoms with Gasteiger partial charge in [0.2, 0.25) is 0 Å². The third-order valence-corrected chi connectivity index (χ3v) is 2.23. The predicted octanol–water partition coefficient (Wildman–Crippen LogP) is 0.228. The number of carbonyl (C=O) groups excluding carboxylic acids is 1.